The van der Waals surface area contributed by atoms with Crippen LogP contribution in [0.2, 0.25) is 0 Å². The van der Waals surface area contributed by atoms with Gasteiger partial charge >= 0.3 is 5.97 Å². The van der Waals surface area contributed by atoms with Gasteiger partial charge in [-0.25, -0.2) is 0 Å². The number of allylic oxidation sites excluding steroid dienone is 4. The molecule has 0 aromatic heterocycles. The number of fused-ring (bicyclic) bond motifs is 5. The molecule has 0 bridgehead atoms. The Morgan fingerprint density at radius 1 is 1.29 bits per heavy atom. The summed E-state index contributed by atoms with van der Waals surface area (Å²) in [7, 11) is 0. The van der Waals surface area contributed by atoms with Crippen LogP contribution in [0.3, 0.4) is 0 Å². The van der Waals surface area contributed by atoms with Crippen LogP contribution in [0.25, 0.3) is 0 Å². The van der Waals surface area contributed by atoms with Crippen molar-refractivity contribution in [1.82, 2.24) is 0 Å². The Balaban J connectivity index is 1.76. The Labute approximate surface area is 166 Å². The lowest BCUT2D eigenvalue weighted by molar-refractivity contribution is -0.141. The zero-order chi connectivity index (χ0) is 20.5. The summed E-state index contributed by atoms with van der Waals surface area (Å²) >= 11 is 0. The molecule has 4 rings (SSSR count). The smallest absolute Gasteiger partial charge is 0.303 e. The number of carboxylic acids is 1. The first-order valence-corrected chi connectivity index (χ1v) is 10.3. The average Bonchev–Trinajstić information content (AvgIpc) is 2.79. The van der Waals surface area contributed by atoms with Gasteiger partial charge in [0.1, 0.15) is 0 Å². The third kappa shape index (κ3) is 2.33. The van der Waals surface area contributed by atoms with E-state index < -0.39 is 17.0 Å². The van der Waals surface area contributed by atoms with Crippen molar-refractivity contribution in [3.05, 3.63) is 48.1 Å². The van der Waals surface area contributed by atoms with Gasteiger partial charge in [0.25, 0.3) is 0 Å². The number of hydrogen-bond acceptors (Lipinski definition) is 3. The lowest BCUT2D eigenvalue weighted by atomic mass is 9.47. The SMILES string of the molecule is C=C1C(=C)[C@](O)(CCC(=O)O)[C@@]2(C)CC[C@H]3[C@@H](C=CC4=CC(=O)CC[C@@]43C)[C@H]12. The van der Waals surface area contributed by atoms with Crippen molar-refractivity contribution < 1.29 is 19.8 Å². The summed E-state index contributed by atoms with van der Waals surface area (Å²) in [5.74, 6) is -0.0412. The van der Waals surface area contributed by atoms with E-state index in [1.54, 1.807) is 0 Å². The van der Waals surface area contributed by atoms with Crippen LogP contribution in [-0.4, -0.2) is 27.6 Å². The fourth-order valence-electron chi connectivity index (χ4n) is 6.84. The topological polar surface area (TPSA) is 74.6 Å². The van der Waals surface area contributed by atoms with Crippen molar-refractivity contribution in [2.45, 2.75) is 58.0 Å². The lowest BCUT2D eigenvalue weighted by Gasteiger charge is -2.57. The van der Waals surface area contributed by atoms with E-state index in [0.29, 0.717) is 17.9 Å². The number of carbonyl (C=O) groups excluding carboxylic acids is 1. The molecular weight excluding hydrogens is 352 g/mol. The zero-order valence-electron chi connectivity index (χ0n) is 16.8. The van der Waals surface area contributed by atoms with Gasteiger partial charge in [-0.3, -0.25) is 9.59 Å². The first kappa shape index (κ1) is 19.4. The van der Waals surface area contributed by atoms with E-state index in [1.165, 1.54) is 0 Å². The fourth-order valence-corrected chi connectivity index (χ4v) is 6.84. The van der Waals surface area contributed by atoms with Crippen molar-refractivity contribution in [3.63, 3.8) is 0 Å². The molecule has 0 amide bonds. The Morgan fingerprint density at radius 2 is 2.00 bits per heavy atom. The number of rotatable bonds is 3. The van der Waals surface area contributed by atoms with E-state index in [4.69, 9.17) is 0 Å². The third-order valence-corrected chi connectivity index (χ3v) is 8.60. The second kappa shape index (κ2) is 6.03. The maximum atomic E-state index is 11.9. The molecule has 0 heterocycles. The van der Waals surface area contributed by atoms with Gasteiger partial charge in [0, 0.05) is 18.3 Å². The van der Waals surface area contributed by atoms with E-state index in [0.717, 1.165) is 30.4 Å². The molecule has 0 unspecified atom stereocenters. The molecule has 150 valence electrons. The Hall–Kier alpha value is -1.94. The van der Waals surface area contributed by atoms with Gasteiger partial charge < -0.3 is 10.2 Å². The largest absolute Gasteiger partial charge is 0.481 e. The predicted molar refractivity (Wildman–Crippen MR) is 107 cm³/mol. The molecule has 0 aromatic rings. The van der Waals surface area contributed by atoms with Crippen molar-refractivity contribution in [2.24, 2.45) is 28.6 Å². The second-order valence-electron chi connectivity index (χ2n) is 9.72. The average molecular weight is 383 g/mol. The van der Waals surface area contributed by atoms with Crippen LogP contribution < -0.4 is 0 Å². The molecule has 2 N–H and O–H groups in total. The first-order valence-electron chi connectivity index (χ1n) is 10.3. The molecule has 28 heavy (non-hydrogen) atoms. The van der Waals surface area contributed by atoms with Gasteiger partial charge in [0.05, 0.1) is 5.60 Å². The van der Waals surface area contributed by atoms with Gasteiger partial charge in [-0.1, -0.05) is 39.2 Å². The minimum Gasteiger partial charge on any atom is -0.481 e. The van der Waals surface area contributed by atoms with Gasteiger partial charge in [0.15, 0.2) is 5.78 Å². The highest BCUT2D eigenvalue weighted by atomic mass is 16.4. The summed E-state index contributed by atoms with van der Waals surface area (Å²) in [5, 5.41) is 20.8. The number of aliphatic hydroxyl groups is 1. The Morgan fingerprint density at radius 3 is 2.68 bits per heavy atom. The summed E-state index contributed by atoms with van der Waals surface area (Å²) in [6.45, 7) is 12.8. The van der Waals surface area contributed by atoms with Gasteiger partial charge in [-0.2, -0.15) is 0 Å². The molecule has 0 aromatic carbocycles. The van der Waals surface area contributed by atoms with Gasteiger partial charge in [-0.15, -0.1) is 0 Å². The lowest BCUT2D eigenvalue weighted by Crippen LogP contribution is -2.54. The van der Waals surface area contributed by atoms with Crippen LogP contribution in [-0.2, 0) is 9.59 Å². The molecule has 2 saturated carbocycles. The van der Waals surface area contributed by atoms with E-state index in [-0.39, 0.29) is 35.9 Å². The quantitative estimate of drug-likeness (QED) is 0.766. The van der Waals surface area contributed by atoms with Crippen molar-refractivity contribution in [1.29, 1.82) is 0 Å². The minimum absolute atomic E-state index is 0.0297. The third-order valence-electron chi connectivity index (χ3n) is 8.60. The molecule has 4 aliphatic rings. The summed E-state index contributed by atoms with van der Waals surface area (Å²) in [4.78, 5) is 23.1. The Bertz CT molecular complexity index is 849. The molecule has 0 saturated heterocycles. The summed E-state index contributed by atoms with van der Waals surface area (Å²) in [5.41, 5.74) is 0.892. The fraction of sp³-hybridized carbons (Fsp3) is 0.583. The number of ketones is 1. The maximum Gasteiger partial charge on any atom is 0.303 e. The standard InChI is InChI=1S/C24H30O4/c1-14-15(2)24(28,12-9-20(26)27)23(4)11-8-19-18(21(14)23)6-5-16-13-17(25)7-10-22(16,19)3/h5-6,13,18-19,21,28H,1-2,7-12H2,3-4H3,(H,26,27)/t18-,19+,21+,22+,23+,24-/m1/s1. The van der Waals surface area contributed by atoms with Gasteiger partial charge in [0.2, 0.25) is 0 Å². The molecule has 4 heteroatoms. The van der Waals surface area contributed by atoms with E-state index in [1.807, 2.05) is 6.08 Å². The van der Waals surface area contributed by atoms with Crippen LogP contribution in [0.4, 0.5) is 0 Å². The molecule has 4 nitrogen and oxygen atoms in total. The van der Waals surface area contributed by atoms with Gasteiger partial charge in [-0.05, 0) is 71.6 Å². The first-order chi connectivity index (χ1) is 13.0. The highest BCUT2D eigenvalue weighted by Gasteiger charge is 2.66. The molecule has 6 atom stereocenters. The van der Waals surface area contributed by atoms with Crippen molar-refractivity contribution in [3.8, 4) is 0 Å². The van der Waals surface area contributed by atoms with E-state index >= 15 is 0 Å². The van der Waals surface area contributed by atoms with Crippen LogP contribution in [0.5, 0.6) is 0 Å². The summed E-state index contributed by atoms with van der Waals surface area (Å²) < 4.78 is 0. The Kier molecular flexibility index (Phi) is 4.17. The molecule has 4 aliphatic carbocycles. The highest BCUT2D eigenvalue weighted by molar-refractivity contribution is 5.92. The summed E-state index contributed by atoms with van der Waals surface area (Å²) in [6, 6.07) is 0. The summed E-state index contributed by atoms with van der Waals surface area (Å²) in [6.07, 6.45) is 9.42. The predicted octanol–water partition coefficient (Wildman–Crippen LogP) is 4.22. The number of aliphatic carboxylic acids is 1. The monoisotopic (exact) mass is 382 g/mol. The number of hydrogen-bond donors (Lipinski definition) is 2. The van der Waals surface area contributed by atoms with Crippen LogP contribution in [0, 0.1) is 28.6 Å². The van der Waals surface area contributed by atoms with E-state index in [9.17, 15) is 19.8 Å². The van der Waals surface area contributed by atoms with Crippen LogP contribution in [0.15, 0.2) is 48.1 Å². The second-order valence-corrected chi connectivity index (χ2v) is 9.72. The molecule has 0 aliphatic heterocycles. The van der Waals surface area contributed by atoms with Crippen LogP contribution in [0.1, 0.15) is 52.4 Å². The molecule has 2 fully saturated rings. The van der Waals surface area contributed by atoms with Crippen molar-refractivity contribution >= 4 is 11.8 Å². The maximum absolute atomic E-state index is 11.9. The zero-order valence-corrected chi connectivity index (χ0v) is 16.8. The molecule has 0 spiro atoms. The normalized spacial score (nSPS) is 44.6. The number of carbonyl (C=O) groups is 2. The molecule has 0 radical (unpaired) electrons. The van der Waals surface area contributed by atoms with E-state index in [2.05, 4.69) is 39.2 Å². The molecular formula is C24H30O4. The minimum atomic E-state index is -1.23. The number of carboxylic acid groups (broad SMARTS) is 1. The highest BCUT2D eigenvalue weighted by Crippen LogP contribution is 2.69. The van der Waals surface area contributed by atoms with Crippen LogP contribution >= 0.6 is 0 Å². The van der Waals surface area contributed by atoms with Crippen molar-refractivity contribution in [2.75, 3.05) is 0 Å².